The lowest BCUT2D eigenvalue weighted by molar-refractivity contribution is -0.0901. The molecule has 1 aliphatic rings. The topological polar surface area (TPSA) is 44.9 Å². The zero-order valence-corrected chi connectivity index (χ0v) is 8.31. The van der Waals surface area contributed by atoms with E-state index in [-0.39, 0.29) is 18.7 Å². The molecule has 0 radical (unpaired) electrons. The zero-order chi connectivity index (χ0) is 11.1. The Bertz CT molecular complexity index is 379. The SMILES string of the molecule is Cc1cc[nH]c1C(=O)NC1CC(F)(F)C1. The largest absolute Gasteiger partial charge is 0.357 e. The molecule has 0 spiro atoms. The van der Waals surface area contributed by atoms with Crippen LogP contribution < -0.4 is 5.32 Å². The fourth-order valence-corrected chi connectivity index (χ4v) is 1.71. The highest BCUT2D eigenvalue weighted by Crippen LogP contribution is 2.37. The number of carbonyl (C=O) groups excluding carboxylic acids is 1. The molecule has 0 atom stereocenters. The first-order valence-corrected chi connectivity index (χ1v) is 4.81. The molecule has 0 saturated heterocycles. The normalized spacial score (nSPS) is 19.7. The van der Waals surface area contributed by atoms with Crippen molar-refractivity contribution < 1.29 is 13.6 Å². The van der Waals surface area contributed by atoms with E-state index in [1.54, 1.807) is 19.2 Å². The van der Waals surface area contributed by atoms with E-state index in [2.05, 4.69) is 10.3 Å². The molecule has 15 heavy (non-hydrogen) atoms. The Labute approximate surface area is 85.9 Å². The van der Waals surface area contributed by atoms with Crippen LogP contribution in [0.1, 0.15) is 28.9 Å². The zero-order valence-electron chi connectivity index (χ0n) is 8.31. The first kappa shape index (κ1) is 10.1. The molecule has 1 fully saturated rings. The fraction of sp³-hybridized carbons (Fsp3) is 0.500. The monoisotopic (exact) mass is 214 g/mol. The van der Waals surface area contributed by atoms with Gasteiger partial charge in [0.15, 0.2) is 0 Å². The molecule has 0 bridgehead atoms. The summed E-state index contributed by atoms with van der Waals surface area (Å²) < 4.78 is 25.0. The van der Waals surface area contributed by atoms with Crippen molar-refractivity contribution in [2.45, 2.75) is 31.7 Å². The van der Waals surface area contributed by atoms with Crippen molar-refractivity contribution in [2.75, 3.05) is 0 Å². The van der Waals surface area contributed by atoms with Crippen LogP contribution in [0.2, 0.25) is 0 Å². The second-order valence-electron chi connectivity index (χ2n) is 3.97. The number of hydrogen-bond donors (Lipinski definition) is 2. The maximum absolute atomic E-state index is 12.5. The number of nitrogens with one attached hydrogen (secondary N) is 2. The summed E-state index contributed by atoms with van der Waals surface area (Å²) in [5, 5.41) is 2.57. The second kappa shape index (κ2) is 3.32. The number of rotatable bonds is 2. The highest BCUT2D eigenvalue weighted by atomic mass is 19.3. The van der Waals surface area contributed by atoms with Crippen LogP contribution in [0.15, 0.2) is 12.3 Å². The molecule has 0 aromatic carbocycles. The van der Waals surface area contributed by atoms with Crippen LogP contribution in [0.3, 0.4) is 0 Å². The van der Waals surface area contributed by atoms with Crippen molar-refractivity contribution in [1.29, 1.82) is 0 Å². The van der Waals surface area contributed by atoms with E-state index in [0.717, 1.165) is 5.56 Å². The molecular formula is C10H12F2N2O. The van der Waals surface area contributed by atoms with Crippen LogP contribution in [-0.2, 0) is 0 Å². The van der Waals surface area contributed by atoms with E-state index in [1.807, 2.05) is 0 Å². The molecule has 1 heterocycles. The van der Waals surface area contributed by atoms with Gasteiger partial charge in [0.05, 0.1) is 0 Å². The Morgan fingerprint density at radius 1 is 1.60 bits per heavy atom. The lowest BCUT2D eigenvalue weighted by atomic mass is 9.88. The maximum Gasteiger partial charge on any atom is 0.268 e. The molecule has 0 unspecified atom stereocenters. The Kier molecular flexibility index (Phi) is 2.25. The Morgan fingerprint density at radius 3 is 2.73 bits per heavy atom. The van der Waals surface area contributed by atoms with E-state index in [1.165, 1.54) is 0 Å². The van der Waals surface area contributed by atoms with E-state index in [9.17, 15) is 13.6 Å². The highest BCUT2D eigenvalue weighted by molar-refractivity contribution is 5.94. The summed E-state index contributed by atoms with van der Waals surface area (Å²) in [7, 11) is 0. The molecule has 1 aromatic rings. The van der Waals surface area contributed by atoms with Crippen LogP contribution in [0.5, 0.6) is 0 Å². The number of aromatic nitrogens is 1. The van der Waals surface area contributed by atoms with Crippen molar-refractivity contribution in [3.05, 3.63) is 23.5 Å². The first-order chi connectivity index (χ1) is 6.98. The number of alkyl halides is 2. The number of hydrogen-bond acceptors (Lipinski definition) is 1. The molecule has 1 saturated carbocycles. The van der Waals surface area contributed by atoms with E-state index in [4.69, 9.17) is 0 Å². The molecule has 2 N–H and O–H groups in total. The van der Waals surface area contributed by atoms with Gasteiger partial charge in [0.2, 0.25) is 0 Å². The summed E-state index contributed by atoms with van der Waals surface area (Å²) in [6.07, 6.45) is 1.15. The van der Waals surface area contributed by atoms with Gasteiger partial charge in [-0.3, -0.25) is 4.79 Å². The van der Waals surface area contributed by atoms with Crippen LogP contribution in [0, 0.1) is 6.92 Å². The third-order valence-corrected chi connectivity index (χ3v) is 2.61. The summed E-state index contributed by atoms with van der Waals surface area (Å²) in [6.45, 7) is 1.79. The van der Waals surface area contributed by atoms with E-state index < -0.39 is 12.0 Å². The molecule has 1 aliphatic carbocycles. The molecule has 1 aromatic heterocycles. The quantitative estimate of drug-likeness (QED) is 0.775. The predicted molar refractivity (Wildman–Crippen MR) is 51.0 cm³/mol. The van der Waals surface area contributed by atoms with Crippen LogP contribution in [-0.4, -0.2) is 22.9 Å². The summed E-state index contributed by atoms with van der Waals surface area (Å²) in [5.74, 6) is -2.90. The molecule has 1 amide bonds. The third-order valence-electron chi connectivity index (χ3n) is 2.61. The number of H-pyrrole nitrogens is 1. The fourth-order valence-electron chi connectivity index (χ4n) is 1.71. The Hall–Kier alpha value is -1.39. The number of aryl methyl sites for hydroxylation is 1. The van der Waals surface area contributed by atoms with E-state index >= 15 is 0 Å². The van der Waals surface area contributed by atoms with Gasteiger partial charge in [-0.2, -0.15) is 0 Å². The van der Waals surface area contributed by atoms with Gasteiger partial charge >= 0.3 is 0 Å². The minimum absolute atomic E-state index is 0.251. The van der Waals surface area contributed by atoms with Crippen molar-refractivity contribution in [3.8, 4) is 0 Å². The van der Waals surface area contributed by atoms with Gasteiger partial charge in [-0.05, 0) is 18.6 Å². The Balaban J connectivity index is 1.92. The van der Waals surface area contributed by atoms with Gasteiger partial charge in [0, 0.05) is 25.1 Å². The summed E-state index contributed by atoms with van der Waals surface area (Å²) in [6, 6.07) is 1.37. The average Bonchev–Trinajstić information content (AvgIpc) is 2.47. The first-order valence-electron chi connectivity index (χ1n) is 4.81. The van der Waals surface area contributed by atoms with Crippen molar-refractivity contribution in [3.63, 3.8) is 0 Å². The summed E-state index contributed by atoms with van der Waals surface area (Å²) in [4.78, 5) is 14.3. The van der Waals surface area contributed by atoms with Gasteiger partial charge < -0.3 is 10.3 Å². The maximum atomic E-state index is 12.5. The van der Waals surface area contributed by atoms with Crippen LogP contribution in [0.25, 0.3) is 0 Å². The van der Waals surface area contributed by atoms with Crippen molar-refractivity contribution in [2.24, 2.45) is 0 Å². The Morgan fingerprint density at radius 2 is 2.27 bits per heavy atom. The predicted octanol–water partition coefficient (Wildman–Crippen LogP) is 1.85. The molecule has 2 rings (SSSR count). The molecule has 5 heteroatoms. The van der Waals surface area contributed by atoms with Crippen molar-refractivity contribution in [1.82, 2.24) is 10.3 Å². The molecule has 3 nitrogen and oxygen atoms in total. The third kappa shape index (κ3) is 2.00. The van der Waals surface area contributed by atoms with E-state index in [0.29, 0.717) is 5.69 Å². The van der Waals surface area contributed by atoms with Gasteiger partial charge in [-0.25, -0.2) is 8.78 Å². The summed E-state index contributed by atoms with van der Waals surface area (Å²) >= 11 is 0. The van der Waals surface area contributed by atoms with Crippen molar-refractivity contribution >= 4 is 5.91 Å². The summed E-state index contributed by atoms with van der Waals surface area (Å²) in [5.41, 5.74) is 1.27. The van der Waals surface area contributed by atoms with Gasteiger partial charge in [-0.1, -0.05) is 0 Å². The molecular weight excluding hydrogens is 202 g/mol. The smallest absolute Gasteiger partial charge is 0.268 e. The van der Waals surface area contributed by atoms with Gasteiger partial charge in [-0.15, -0.1) is 0 Å². The lowest BCUT2D eigenvalue weighted by Crippen LogP contribution is -2.50. The minimum atomic E-state index is -2.59. The minimum Gasteiger partial charge on any atom is -0.357 e. The van der Waals surface area contributed by atoms with Gasteiger partial charge in [0.25, 0.3) is 11.8 Å². The number of carbonyl (C=O) groups is 1. The number of halogens is 2. The highest BCUT2D eigenvalue weighted by Gasteiger charge is 2.46. The number of amides is 1. The molecule has 0 aliphatic heterocycles. The van der Waals surface area contributed by atoms with Crippen LogP contribution in [0.4, 0.5) is 8.78 Å². The lowest BCUT2D eigenvalue weighted by Gasteiger charge is -2.35. The average molecular weight is 214 g/mol. The van der Waals surface area contributed by atoms with Crippen LogP contribution >= 0.6 is 0 Å². The molecule has 82 valence electrons. The van der Waals surface area contributed by atoms with Gasteiger partial charge in [0.1, 0.15) is 5.69 Å². The standard InChI is InChI=1S/C10H12F2N2O/c1-6-2-3-13-8(6)9(15)14-7-4-10(11,12)5-7/h2-3,7,13H,4-5H2,1H3,(H,14,15). The number of aromatic amines is 1. The second-order valence-corrected chi connectivity index (χ2v) is 3.97.